The summed E-state index contributed by atoms with van der Waals surface area (Å²) in [6.07, 6.45) is 1.82. The number of fused-ring (bicyclic) bond motifs is 1. The first-order valence-electron chi connectivity index (χ1n) is 7.17. The molecule has 0 spiro atoms. The molecule has 24 heavy (non-hydrogen) atoms. The van der Waals surface area contributed by atoms with Crippen molar-refractivity contribution in [1.29, 1.82) is 0 Å². The van der Waals surface area contributed by atoms with E-state index < -0.39 is 0 Å². The minimum atomic E-state index is -0.184. The van der Waals surface area contributed by atoms with Crippen LogP contribution in [0.4, 0.5) is 5.13 Å². The lowest BCUT2D eigenvalue weighted by atomic mass is 10.4. The van der Waals surface area contributed by atoms with Gasteiger partial charge in [-0.1, -0.05) is 41.4 Å². The fourth-order valence-corrected chi connectivity index (χ4v) is 4.60. The fourth-order valence-electron chi connectivity index (χ4n) is 1.89. The number of nitrogens with zero attached hydrogens (tertiary/aromatic N) is 5. The van der Waals surface area contributed by atoms with E-state index in [2.05, 4.69) is 32.5 Å². The maximum atomic E-state index is 12.1. The monoisotopic (exact) mass is 382 g/mol. The number of carbonyl (C=O) groups is 1. The van der Waals surface area contributed by atoms with Gasteiger partial charge in [0.15, 0.2) is 4.34 Å². The first-order valence-corrected chi connectivity index (χ1v) is 9.79. The van der Waals surface area contributed by atoms with E-state index in [0.29, 0.717) is 25.9 Å². The van der Waals surface area contributed by atoms with E-state index in [1.807, 2.05) is 0 Å². The lowest BCUT2D eigenvalue weighted by Gasteiger charge is -1.97. The molecule has 0 saturated heterocycles. The maximum absolute atomic E-state index is 12.1. The Morgan fingerprint density at radius 2 is 2.21 bits per heavy atom. The Hall–Kier alpha value is -1.85. The number of anilines is 1. The summed E-state index contributed by atoms with van der Waals surface area (Å²) in [4.78, 5) is 28.2. The molecule has 0 aromatic carbocycles. The zero-order chi connectivity index (χ0) is 17.1. The lowest BCUT2D eigenvalue weighted by Crippen LogP contribution is -2.15. The summed E-state index contributed by atoms with van der Waals surface area (Å²) < 4.78 is 2.06. The van der Waals surface area contributed by atoms with Gasteiger partial charge in [0.2, 0.25) is 16.0 Å². The van der Waals surface area contributed by atoms with Gasteiger partial charge in [0.1, 0.15) is 5.01 Å². The minimum Gasteiger partial charge on any atom is -0.301 e. The molecule has 8 nitrogen and oxygen atoms in total. The van der Waals surface area contributed by atoms with Crippen LogP contribution in [0.3, 0.4) is 0 Å². The number of nitrogens with one attached hydrogen (secondary N) is 1. The van der Waals surface area contributed by atoms with Crippen LogP contribution in [-0.4, -0.2) is 30.7 Å². The second kappa shape index (κ2) is 7.36. The number of aromatic nitrogens is 5. The molecule has 0 unspecified atom stereocenters. The summed E-state index contributed by atoms with van der Waals surface area (Å²) in [7, 11) is 0. The van der Waals surface area contributed by atoms with Crippen LogP contribution in [0, 0.1) is 0 Å². The number of hydrogen-bond donors (Lipinski definition) is 1. The zero-order valence-corrected chi connectivity index (χ0v) is 15.4. The smallest absolute Gasteiger partial charge is 0.275 e. The highest BCUT2D eigenvalue weighted by Crippen LogP contribution is 2.27. The third-order valence-electron chi connectivity index (χ3n) is 2.84. The first-order chi connectivity index (χ1) is 11.5. The molecule has 1 amide bonds. The molecular weight excluding hydrogens is 368 g/mol. The predicted octanol–water partition coefficient (Wildman–Crippen LogP) is 2.21. The van der Waals surface area contributed by atoms with Crippen molar-refractivity contribution >= 4 is 50.4 Å². The Kier molecular flexibility index (Phi) is 5.21. The van der Waals surface area contributed by atoms with Crippen molar-refractivity contribution in [3.05, 3.63) is 27.1 Å². The van der Waals surface area contributed by atoms with Crippen LogP contribution in [0.5, 0.6) is 0 Å². The highest BCUT2D eigenvalue weighted by atomic mass is 32.2. The van der Waals surface area contributed by atoms with Gasteiger partial charge >= 0.3 is 0 Å². The Morgan fingerprint density at radius 1 is 1.38 bits per heavy atom. The van der Waals surface area contributed by atoms with Crippen molar-refractivity contribution in [2.45, 2.75) is 36.8 Å². The van der Waals surface area contributed by atoms with Crippen molar-refractivity contribution < 1.29 is 4.79 Å². The van der Waals surface area contributed by atoms with Gasteiger partial charge in [-0.15, -0.1) is 10.2 Å². The Balaban J connectivity index is 1.74. The molecule has 0 bridgehead atoms. The number of carbonyl (C=O) groups excluding carboxylic acids is 1. The maximum Gasteiger partial charge on any atom is 0.275 e. The average Bonchev–Trinajstić information content (AvgIpc) is 3.12. The third kappa shape index (κ3) is 3.97. The number of amides is 1. The molecule has 1 N–H and O–H groups in total. The van der Waals surface area contributed by atoms with Crippen molar-refractivity contribution in [2.24, 2.45) is 0 Å². The molecule has 0 aliphatic rings. The van der Waals surface area contributed by atoms with Crippen LogP contribution >= 0.6 is 34.4 Å². The first kappa shape index (κ1) is 17.0. The van der Waals surface area contributed by atoms with Crippen LogP contribution in [0.15, 0.2) is 15.2 Å². The molecule has 0 saturated carbocycles. The van der Waals surface area contributed by atoms with Gasteiger partial charge in [0, 0.05) is 25.2 Å². The fraction of sp³-hybridized carbons (Fsp3) is 0.385. The van der Waals surface area contributed by atoms with Crippen molar-refractivity contribution in [2.75, 3.05) is 5.32 Å². The molecule has 3 aromatic heterocycles. The number of rotatable bonds is 6. The van der Waals surface area contributed by atoms with E-state index in [1.165, 1.54) is 51.9 Å². The van der Waals surface area contributed by atoms with Crippen LogP contribution in [0.2, 0.25) is 0 Å². The van der Waals surface area contributed by atoms with Crippen LogP contribution in [-0.2, 0) is 17.0 Å². The molecule has 11 heteroatoms. The highest BCUT2D eigenvalue weighted by Gasteiger charge is 2.11. The standard InChI is InChI=1S/C13H14N6O2S3/c1-3-4-9-18-19-10(21)5-8(15-12(19)23-9)6-22-13-17-16-11(24-13)14-7(2)20/h5H,3-4,6H2,1-2H3,(H,14,16,20). The molecular formula is C13H14N6O2S3. The van der Waals surface area contributed by atoms with Crippen molar-refractivity contribution in [1.82, 2.24) is 24.8 Å². The predicted molar refractivity (Wildman–Crippen MR) is 94.9 cm³/mol. The topological polar surface area (TPSA) is 102 Å². The van der Waals surface area contributed by atoms with Gasteiger partial charge in [0.25, 0.3) is 5.56 Å². The van der Waals surface area contributed by atoms with E-state index in [0.717, 1.165) is 17.8 Å². The summed E-state index contributed by atoms with van der Waals surface area (Å²) in [6, 6.07) is 1.49. The van der Waals surface area contributed by atoms with E-state index >= 15 is 0 Å². The molecule has 3 heterocycles. The van der Waals surface area contributed by atoms with E-state index in [4.69, 9.17) is 0 Å². The van der Waals surface area contributed by atoms with Crippen molar-refractivity contribution in [3.63, 3.8) is 0 Å². The molecule has 3 aromatic rings. The van der Waals surface area contributed by atoms with Gasteiger partial charge in [0.05, 0.1) is 5.69 Å². The highest BCUT2D eigenvalue weighted by molar-refractivity contribution is 8.00. The van der Waals surface area contributed by atoms with Gasteiger partial charge in [-0.2, -0.15) is 9.61 Å². The molecule has 0 radical (unpaired) electrons. The average molecular weight is 382 g/mol. The summed E-state index contributed by atoms with van der Waals surface area (Å²) in [5.41, 5.74) is 0.498. The molecule has 0 aliphatic heterocycles. The van der Waals surface area contributed by atoms with Crippen LogP contribution < -0.4 is 10.9 Å². The van der Waals surface area contributed by atoms with E-state index in [9.17, 15) is 9.59 Å². The Bertz CT molecular complexity index is 931. The van der Waals surface area contributed by atoms with E-state index in [-0.39, 0.29) is 11.5 Å². The summed E-state index contributed by atoms with van der Waals surface area (Å²) in [5.74, 6) is 0.317. The second-order valence-corrected chi connectivity index (χ2v) is 8.11. The van der Waals surface area contributed by atoms with Crippen molar-refractivity contribution in [3.8, 4) is 0 Å². The minimum absolute atomic E-state index is 0.176. The van der Waals surface area contributed by atoms with Gasteiger partial charge in [-0.05, 0) is 6.42 Å². The molecule has 0 fully saturated rings. The largest absolute Gasteiger partial charge is 0.301 e. The summed E-state index contributed by atoms with van der Waals surface area (Å²) >= 11 is 4.15. The second-order valence-electron chi connectivity index (χ2n) is 4.87. The normalized spacial score (nSPS) is 11.1. The Morgan fingerprint density at radius 3 is 2.96 bits per heavy atom. The number of hydrogen-bond acceptors (Lipinski definition) is 9. The van der Waals surface area contributed by atoms with E-state index in [1.54, 1.807) is 0 Å². The summed E-state index contributed by atoms with van der Waals surface area (Å²) in [6.45, 7) is 3.49. The third-order valence-corrected chi connectivity index (χ3v) is 5.81. The van der Waals surface area contributed by atoms with Gasteiger partial charge in [-0.3, -0.25) is 9.59 Å². The van der Waals surface area contributed by atoms with Gasteiger partial charge < -0.3 is 5.32 Å². The zero-order valence-electron chi connectivity index (χ0n) is 13.0. The molecule has 0 aliphatic carbocycles. The summed E-state index contributed by atoms with van der Waals surface area (Å²) in [5, 5.41) is 16.1. The van der Waals surface area contributed by atoms with Gasteiger partial charge in [-0.25, -0.2) is 4.98 Å². The van der Waals surface area contributed by atoms with Crippen LogP contribution in [0.1, 0.15) is 31.0 Å². The number of aryl methyl sites for hydroxylation is 1. The quantitative estimate of drug-likeness (QED) is 0.515. The lowest BCUT2D eigenvalue weighted by molar-refractivity contribution is -0.114. The molecule has 126 valence electrons. The molecule has 0 atom stereocenters. The SMILES string of the molecule is CCCc1nn2c(=O)cc(CSc3nnc(NC(C)=O)s3)nc2s1. The van der Waals surface area contributed by atoms with Crippen LogP contribution in [0.25, 0.3) is 4.96 Å². The number of thioether (sulfide) groups is 1. The molecule has 3 rings (SSSR count). The Labute approximate surface area is 149 Å².